The van der Waals surface area contributed by atoms with Crippen molar-refractivity contribution in [1.29, 1.82) is 0 Å². The number of thiocarbonyl (C=S) groups is 1. The Labute approximate surface area is 80.6 Å². The van der Waals surface area contributed by atoms with Crippen LogP contribution in [0.2, 0.25) is 0 Å². The minimum absolute atomic E-state index is 0.189. The lowest BCUT2D eigenvalue weighted by molar-refractivity contribution is 0.591. The minimum Gasteiger partial charge on any atom is -0.434 e. The van der Waals surface area contributed by atoms with E-state index in [1.54, 1.807) is 0 Å². The Morgan fingerprint density at radius 3 is 3.00 bits per heavy atom. The number of hydrogen-bond acceptors (Lipinski definition) is 3. The fourth-order valence-electron chi connectivity index (χ4n) is 1.14. The number of aromatic nitrogens is 1. The highest BCUT2D eigenvalue weighted by Gasteiger charge is 2.06. The SMILES string of the molecule is Cc1ccc2oc(C(N)=S)nc2c1. The van der Waals surface area contributed by atoms with Gasteiger partial charge in [0.25, 0.3) is 5.89 Å². The van der Waals surface area contributed by atoms with Crippen LogP contribution in [0.25, 0.3) is 11.1 Å². The van der Waals surface area contributed by atoms with Crippen LogP contribution in [0, 0.1) is 6.92 Å². The summed E-state index contributed by atoms with van der Waals surface area (Å²) in [6.45, 7) is 1.99. The lowest BCUT2D eigenvalue weighted by Gasteiger charge is -1.87. The molecule has 0 radical (unpaired) electrons. The van der Waals surface area contributed by atoms with Crippen LogP contribution < -0.4 is 5.73 Å². The molecule has 0 unspecified atom stereocenters. The molecule has 1 aromatic heterocycles. The molecule has 4 heteroatoms. The zero-order valence-electron chi connectivity index (χ0n) is 7.07. The van der Waals surface area contributed by atoms with E-state index < -0.39 is 0 Å². The summed E-state index contributed by atoms with van der Waals surface area (Å²) in [7, 11) is 0. The first-order chi connectivity index (χ1) is 6.16. The lowest BCUT2D eigenvalue weighted by atomic mass is 10.2. The Kier molecular flexibility index (Phi) is 1.77. The average molecular weight is 192 g/mol. The Morgan fingerprint density at radius 1 is 1.54 bits per heavy atom. The van der Waals surface area contributed by atoms with Gasteiger partial charge in [0.2, 0.25) is 0 Å². The largest absolute Gasteiger partial charge is 0.434 e. The number of aryl methyl sites for hydroxylation is 1. The van der Waals surface area contributed by atoms with E-state index in [1.807, 2.05) is 25.1 Å². The van der Waals surface area contributed by atoms with Gasteiger partial charge in [0.15, 0.2) is 10.6 Å². The van der Waals surface area contributed by atoms with Crippen LogP contribution in [0.4, 0.5) is 0 Å². The summed E-state index contributed by atoms with van der Waals surface area (Å²) in [5, 5.41) is 0. The average Bonchev–Trinajstić information content (AvgIpc) is 2.46. The van der Waals surface area contributed by atoms with Crippen molar-refractivity contribution in [3.05, 3.63) is 29.7 Å². The predicted molar refractivity (Wildman–Crippen MR) is 54.6 cm³/mol. The van der Waals surface area contributed by atoms with Crippen LogP contribution in [0.1, 0.15) is 11.5 Å². The summed E-state index contributed by atoms with van der Waals surface area (Å²) in [5.74, 6) is 0.329. The molecule has 3 nitrogen and oxygen atoms in total. The molecule has 1 heterocycles. The van der Waals surface area contributed by atoms with Gasteiger partial charge in [0.05, 0.1) is 0 Å². The molecule has 0 amide bonds. The van der Waals surface area contributed by atoms with Gasteiger partial charge in [0, 0.05) is 0 Å². The molecule has 0 spiro atoms. The number of hydrogen-bond donors (Lipinski definition) is 1. The smallest absolute Gasteiger partial charge is 0.255 e. The van der Waals surface area contributed by atoms with Crippen molar-refractivity contribution in [2.45, 2.75) is 6.92 Å². The molecule has 13 heavy (non-hydrogen) atoms. The normalized spacial score (nSPS) is 10.5. The molecule has 0 fully saturated rings. The van der Waals surface area contributed by atoms with Crippen LogP contribution in [0.5, 0.6) is 0 Å². The molecule has 0 saturated carbocycles. The highest BCUT2D eigenvalue weighted by Crippen LogP contribution is 2.16. The van der Waals surface area contributed by atoms with Gasteiger partial charge in [-0.15, -0.1) is 0 Å². The van der Waals surface area contributed by atoms with E-state index in [9.17, 15) is 0 Å². The standard InChI is InChI=1S/C9H8N2OS/c1-5-2-3-7-6(4-5)11-9(12-7)8(10)13/h2-4H,1H3,(H2,10,13). The number of rotatable bonds is 1. The van der Waals surface area contributed by atoms with Gasteiger partial charge < -0.3 is 10.2 Å². The summed E-state index contributed by atoms with van der Waals surface area (Å²) in [6.07, 6.45) is 0. The van der Waals surface area contributed by atoms with Crippen molar-refractivity contribution in [2.75, 3.05) is 0 Å². The van der Waals surface area contributed by atoms with Crippen LogP contribution in [-0.2, 0) is 0 Å². The van der Waals surface area contributed by atoms with Gasteiger partial charge in [-0.25, -0.2) is 4.98 Å². The first-order valence-corrected chi connectivity index (χ1v) is 4.24. The van der Waals surface area contributed by atoms with Crippen molar-refractivity contribution in [1.82, 2.24) is 4.98 Å². The molecule has 0 aliphatic rings. The van der Waals surface area contributed by atoms with Crippen molar-refractivity contribution < 1.29 is 4.42 Å². The van der Waals surface area contributed by atoms with E-state index in [0.29, 0.717) is 11.5 Å². The Morgan fingerprint density at radius 2 is 2.31 bits per heavy atom. The van der Waals surface area contributed by atoms with Gasteiger partial charge in [-0.3, -0.25) is 0 Å². The first-order valence-electron chi connectivity index (χ1n) is 3.84. The van der Waals surface area contributed by atoms with Crippen molar-refractivity contribution in [3.8, 4) is 0 Å². The molecule has 1 aromatic carbocycles. The second-order valence-corrected chi connectivity index (χ2v) is 3.29. The van der Waals surface area contributed by atoms with Crippen molar-refractivity contribution >= 4 is 28.3 Å². The summed E-state index contributed by atoms with van der Waals surface area (Å²) >= 11 is 4.76. The third-order valence-electron chi connectivity index (χ3n) is 1.75. The molecule has 0 aliphatic carbocycles. The maximum Gasteiger partial charge on any atom is 0.255 e. The highest BCUT2D eigenvalue weighted by molar-refractivity contribution is 7.80. The highest BCUT2D eigenvalue weighted by atomic mass is 32.1. The number of nitrogens with zero attached hydrogens (tertiary/aromatic N) is 1. The number of benzene rings is 1. The molecule has 2 N–H and O–H groups in total. The molecular formula is C9H8N2OS. The summed E-state index contributed by atoms with van der Waals surface area (Å²) < 4.78 is 5.31. The number of oxazole rings is 1. The first kappa shape index (κ1) is 8.19. The van der Waals surface area contributed by atoms with E-state index >= 15 is 0 Å². The molecule has 66 valence electrons. The zero-order valence-corrected chi connectivity index (χ0v) is 7.89. The van der Waals surface area contributed by atoms with E-state index in [4.69, 9.17) is 22.4 Å². The van der Waals surface area contributed by atoms with Gasteiger partial charge in [-0.1, -0.05) is 18.3 Å². The van der Waals surface area contributed by atoms with E-state index in [0.717, 1.165) is 11.1 Å². The Balaban J connectivity index is 2.68. The van der Waals surface area contributed by atoms with E-state index in [1.165, 1.54) is 0 Å². The van der Waals surface area contributed by atoms with Gasteiger partial charge in [-0.2, -0.15) is 0 Å². The predicted octanol–water partition coefficient (Wildman–Crippen LogP) is 1.77. The second kappa shape index (κ2) is 2.81. The maximum absolute atomic E-state index is 5.39. The van der Waals surface area contributed by atoms with Gasteiger partial charge in [0.1, 0.15) is 5.52 Å². The summed E-state index contributed by atoms with van der Waals surface area (Å²) in [4.78, 5) is 4.33. The van der Waals surface area contributed by atoms with Crippen molar-refractivity contribution in [2.24, 2.45) is 5.73 Å². The fourth-order valence-corrected chi connectivity index (χ4v) is 1.23. The summed E-state index contributed by atoms with van der Waals surface area (Å²) in [6, 6.07) is 5.75. The second-order valence-electron chi connectivity index (χ2n) is 2.85. The van der Waals surface area contributed by atoms with Crippen LogP contribution in [-0.4, -0.2) is 9.97 Å². The Bertz CT molecular complexity index is 475. The molecule has 0 bridgehead atoms. The Hall–Kier alpha value is -1.42. The zero-order chi connectivity index (χ0) is 9.42. The van der Waals surface area contributed by atoms with Crippen LogP contribution in [0.15, 0.2) is 22.6 Å². The lowest BCUT2D eigenvalue weighted by Crippen LogP contribution is -2.09. The number of fused-ring (bicyclic) bond motifs is 1. The van der Waals surface area contributed by atoms with E-state index in [2.05, 4.69) is 4.98 Å². The molecule has 2 aromatic rings. The molecule has 0 saturated heterocycles. The summed E-state index contributed by atoms with van der Waals surface area (Å²) in [5.41, 5.74) is 8.04. The maximum atomic E-state index is 5.39. The van der Waals surface area contributed by atoms with Gasteiger partial charge in [-0.05, 0) is 24.6 Å². The minimum atomic E-state index is 0.189. The van der Waals surface area contributed by atoms with E-state index in [-0.39, 0.29) is 4.99 Å². The fraction of sp³-hybridized carbons (Fsp3) is 0.111. The molecule has 0 aliphatic heterocycles. The third-order valence-corrected chi connectivity index (χ3v) is 1.93. The molecular weight excluding hydrogens is 184 g/mol. The molecule has 2 rings (SSSR count). The quantitative estimate of drug-likeness (QED) is 0.699. The number of nitrogens with two attached hydrogens (primary N) is 1. The molecule has 0 atom stereocenters. The monoisotopic (exact) mass is 192 g/mol. The topological polar surface area (TPSA) is 52.0 Å². The van der Waals surface area contributed by atoms with Crippen molar-refractivity contribution in [3.63, 3.8) is 0 Å². The van der Waals surface area contributed by atoms with Gasteiger partial charge >= 0.3 is 0 Å². The third kappa shape index (κ3) is 1.40. The van der Waals surface area contributed by atoms with Crippen LogP contribution >= 0.6 is 12.2 Å². The van der Waals surface area contributed by atoms with Crippen LogP contribution in [0.3, 0.4) is 0 Å².